The lowest BCUT2D eigenvalue weighted by Gasteiger charge is -2.49. The highest BCUT2D eigenvalue weighted by Crippen LogP contribution is 2.70. The lowest BCUT2D eigenvalue weighted by atomic mass is 9.55. The molecule has 2 fully saturated rings. The van der Waals surface area contributed by atoms with Crippen LogP contribution in [0.15, 0.2) is 97.6 Å². The van der Waals surface area contributed by atoms with Crippen molar-refractivity contribution in [2.24, 2.45) is 5.41 Å². The maximum Gasteiger partial charge on any atom is 0.0520 e. The van der Waals surface area contributed by atoms with E-state index >= 15 is 0 Å². The Morgan fingerprint density at radius 1 is 0.636 bits per heavy atom. The largest absolute Gasteiger partial charge is 0.385 e. The summed E-state index contributed by atoms with van der Waals surface area (Å²) >= 11 is 0. The van der Waals surface area contributed by atoms with Crippen molar-refractivity contribution in [1.29, 1.82) is 0 Å². The number of nitrogens with one attached hydrogen (secondary N) is 1. The molecule has 66 heavy (non-hydrogen) atoms. The van der Waals surface area contributed by atoms with Crippen LogP contribution in [0, 0.1) is 33.1 Å². The second-order valence-corrected chi connectivity index (χ2v) is 22.0. The molecule has 0 spiro atoms. The summed E-state index contributed by atoms with van der Waals surface area (Å²) in [5.41, 5.74) is 22.3. The molecule has 0 heterocycles. The Bertz CT molecular complexity index is 2490. The van der Waals surface area contributed by atoms with Gasteiger partial charge in [0.25, 0.3) is 0 Å². The van der Waals surface area contributed by atoms with Crippen LogP contribution in [-0.4, -0.2) is 12.6 Å². The number of aryl methyl sites for hydroxylation is 5. The van der Waals surface area contributed by atoms with Gasteiger partial charge < -0.3 is 15.1 Å². The van der Waals surface area contributed by atoms with Crippen LogP contribution in [0.5, 0.6) is 0 Å². The smallest absolute Gasteiger partial charge is 0.0520 e. The predicted octanol–water partition coefficient (Wildman–Crippen LogP) is 18.3. The molecule has 0 aromatic heterocycles. The van der Waals surface area contributed by atoms with E-state index in [0.717, 1.165) is 25.8 Å². The normalized spacial score (nSPS) is 19.2. The van der Waals surface area contributed by atoms with Gasteiger partial charge in [-0.3, -0.25) is 0 Å². The summed E-state index contributed by atoms with van der Waals surface area (Å²) < 4.78 is 0. The van der Waals surface area contributed by atoms with Gasteiger partial charge in [0.1, 0.15) is 0 Å². The molecule has 350 valence electrons. The standard InChI is InChI=1S/C63H83N3/c1-14-19-23-48-37-43(6)59(44(7)38-48)66(51-26-24-49(25-27-51)61(13,17-4)18-5)53-29-31-55-54-30-28-52(41-56(54)62-32-21-34-63(62,35-22-33-62)57(55)42-53)65(47(10)60(11,12)16-3)58-45(8)39-50(40-46(58)9)64-36-20-15-2/h16,24-31,37-42,47,64H,3,14-15,17-23,32-36H2,1-2,4-13H3/t47-,62?,63?/m0/s1. The maximum absolute atomic E-state index is 4.37. The second kappa shape index (κ2) is 18.7. The van der Waals surface area contributed by atoms with Crippen LogP contribution in [0.25, 0.3) is 11.1 Å². The second-order valence-electron chi connectivity index (χ2n) is 22.0. The molecule has 0 unspecified atom stereocenters. The van der Waals surface area contributed by atoms with E-state index in [1.807, 2.05) is 0 Å². The van der Waals surface area contributed by atoms with Crippen molar-refractivity contribution in [3.05, 3.63) is 142 Å². The lowest BCUT2D eigenvalue weighted by molar-refractivity contribution is 0.299. The van der Waals surface area contributed by atoms with Gasteiger partial charge in [-0.05, 0) is 202 Å². The number of unbranched alkanes of at least 4 members (excludes halogenated alkanes) is 2. The molecule has 1 atom stereocenters. The van der Waals surface area contributed by atoms with E-state index in [1.165, 1.54) is 143 Å². The average Bonchev–Trinajstić information content (AvgIpc) is 3.89. The third-order valence-corrected chi connectivity index (χ3v) is 17.8. The molecule has 8 rings (SSSR count). The maximum atomic E-state index is 4.37. The van der Waals surface area contributed by atoms with Crippen LogP contribution in [0.1, 0.15) is 177 Å². The van der Waals surface area contributed by atoms with Crippen molar-refractivity contribution >= 4 is 34.1 Å². The molecule has 0 radical (unpaired) electrons. The van der Waals surface area contributed by atoms with Crippen molar-refractivity contribution in [3.63, 3.8) is 0 Å². The van der Waals surface area contributed by atoms with Gasteiger partial charge in [0.05, 0.1) is 5.69 Å². The van der Waals surface area contributed by atoms with Crippen LogP contribution in [-0.2, 0) is 22.7 Å². The Kier molecular flexibility index (Phi) is 13.5. The zero-order chi connectivity index (χ0) is 47.2. The molecule has 2 saturated carbocycles. The average molecular weight is 882 g/mol. The fraction of sp³-hybridized carbons (Fsp3) is 0.492. The monoisotopic (exact) mass is 882 g/mol. The molecular weight excluding hydrogens is 799 g/mol. The zero-order valence-electron chi connectivity index (χ0n) is 43.2. The number of nitrogens with zero attached hydrogens (tertiary/aromatic N) is 2. The third kappa shape index (κ3) is 8.02. The van der Waals surface area contributed by atoms with E-state index in [9.17, 15) is 0 Å². The summed E-state index contributed by atoms with van der Waals surface area (Å²) in [6, 6.07) is 34.8. The third-order valence-electron chi connectivity index (χ3n) is 17.8. The van der Waals surface area contributed by atoms with Gasteiger partial charge in [0, 0.05) is 57.3 Å². The number of rotatable bonds is 18. The summed E-state index contributed by atoms with van der Waals surface area (Å²) in [6.07, 6.45) is 17.9. The minimum Gasteiger partial charge on any atom is -0.385 e. The summed E-state index contributed by atoms with van der Waals surface area (Å²) in [7, 11) is 0. The Morgan fingerprint density at radius 2 is 1.14 bits per heavy atom. The Hall–Kier alpha value is -4.76. The fourth-order valence-electron chi connectivity index (χ4n) is 13.2. The molecule has 3 aliphatic rings. The van der Waals surface area contributed by atoms with Gasteiger partial charge in [-0.25, -0.2) is 0 Å². The summed E-state index contributed by atoms with van der Waals surface area (Å²) in [4.78, 5) is 5.29. The SMILES string of the molecule is C=CC(C)(C)[C@H](C)N(c1ccc2c(c1)C13CCCC1(CCC3)c1cc(N(c3ccc(C(C)(CC)CC)cc3)c3c(C)cc(CCCC)cc3C)ccc1-2)c1c(C)cc(NCCCC)cc1C. The Labute approximate surface area is 401 Å². The highest BCUT2D eigenvalue weighted by atomic mass is 15.2. The number of hydrogen-bond donors (Lipinski definition) is 1. The van der Waals surface area contributed by atoms with Gasteiger partial charge in [0.2, 0.25) is 0 Å². The number of fused-ring (bicyclic) bond motifs is 3. The van der Waals surface area contributed by atoms with E-state index in [-0.39, 0.29) is 27.7 Å². The first-order chi connectivity index (χ1) is 31.6. The minimum absolute atomic E-state index is 0.117. The fourth-order valence-corrected chi connectivity index (χ4v) is 13.2. The van der Waals surface area contributed by atoms with E-state index in [4.69, 9.17) is 0 Å². The van der Waals surface area contributed by atoms with Crippen LogP contribution >= 0.6 is 0 Å². The molecule has 3 aliphatic carbocycles. The number of benzene rings is 5. The first-order valence-corrected chi connectivity index (χ1v) is 26.2. The minimum atomic E-state index is -0.122. The van der Waals surface area contributed by atoms with Crippen LogP contribution < -0.4 is 15.1 Å². The van der Waals surface area contributed by atoms with Crippen molar-refractivity contribution < 1.29 is 0 Å². The predicted molar refractivity (Wildman–Crippen MR) is 289 cm³/mol. The molecule has 3 heteroatoms. The van der Waals surface area contributed by atoms with Gasteiger partial charge >= 0.3 is 0 Å². The van der Waals surface area contributed by atoms with Crippen molar-refractivity contribution in [2.75, 3.05) is 21.7 Å². The summed E-state index contributed by atoms with van der Waals surface area (Å²) in [5, 5.41) is 3.72. The van der Waals surface area contributed by atoms with E-state index in [2.05, 4.69) is 196 Å². The van der Waals surface area contributed by atoms with Gasteiger partial charge in [0.15, 0.2) is 0 Å². The zero-order valence-corrected chi connectivity index (χ0v) is 43.2. The molecule has 1 N–H and O–H groups in total. The number of hydrogen-bond acceptors (Lipinski definition) is 3. The Balaban J connectivity index is 1.30. The quantitative estimate of drug-likeness (QED) is 0.0699. The van der Waals surface area contributed by atoms with Crippen LogP contribution in [0.4, 0.5) is 34.1 Å². The van der Waals surface area contributed by atoms with Gasteiger partial charge in [-0.15, -0.1) is 6.58 Å². The molecular formula is C63H83N3. The molecule has 0 saturated heterocycles. The van der Waals surface area contributed by atoms with Crippen LogP contribution in [0.3, 0.4) is 0 Å². The van der Waals surface area contributed by atoms with Crippen molar-refractivity contribution in [3.8, 4) is 11.1 Å². The number of anilines is 6. The topological polar surface area (TPSA) is 18.5 Å². The van der Waals surface area contributed by atoms with E-state index in [1.54, 1.807) is 11.1 Å². The molecule has 3 nitrogen and oxygen atoms in total. The molecule has 0 aliphatic heterocycles. The molecule has 5 aromatic carbocycles. The highest BCUT2D eigenvalue weighted by Gasteiger charge is 2.62. The van der Waals surface area contributed by atoms with Gasteiger partial charge in [-0.1, -0.05) is 117 Å². The Morgan fingerprint density at radius 3 is 1.65 bits per heavy atom. The lowest BCUT2D eigenvalue weighted by Crippen LogP contribution is -2.44. The van der Waals surface area contributed by atoms with E-state index < -0.39 is 0 Å². The van der Waals surface area contributed by atoms with Crippen molar-refractivity contribution in [2.45, 2.75) is 189 Å². The summed E-state index contributed by atoms with van der Waals surface area (Å²) in [5.74, 6) is 0. The molecule has 0 amide bonds. The van der Waals surface area contributed by atoms with E-state index in [0.29, 0.717) is 0 Å². The van der Waals surface area contributed by atoms with Gasteiger partial charge in [-0.2, -0.15) is 0 Å². The highest BCUT2D eigenvalue weighted by molar-refractivity contribution is 5.87. The van der Waals surface area contributed by atoms with Crippen molar-refractivity contribution in [1.82, 2.24) is 0 Å². The summed E-state index contributed by atoms with van der Waals surface area (Å²) in [6.45, 7) is 33.4. The molecule has 5 aromatic rings. The first-order valence-electron chi connectivity index (χ1n) is 26.2. The first kappa shape index (κ1) is 47.7. The van der Waals surface area contributed by atoms with Crippen LogP contribution in [0.2, 0.25) is 0 Å². The molecule has 0 bridgehead atoms.